The molecular weight excluding hydrogens is 270 g/mol. The molecule has 1 amide bonds. The van der Waals surface area contributed by atoms with Crippen LogP contribution in [0.1, 0.15) is 11.3 Å². The fraction of sp³-hybridized carbons (Fsp3) is 0.500. The number of rotatable bonds is 6. The molecule has 2 N–H and O–H groups in total. The lowest BCUT2D eigenvalue weighted by molar-refractivity contribution is -0.126. The van der Waals surface area contributed by atoms with Crippen LogP contribution in [0.2, 0.25) is 5.15 Å². The third-order valence-corrected chi connectivity index (χ3v) is 3.09. The largest absolute Gasteiger partial charge is 0.395 e. The topological polar surface area (TPSA) is 78.6 Å². The Balaban J connectivity index is 2.82. The number of carbonyl (C=O) groups is 1. The van der Waals surface area contributed by atoms with E-state index in [9.17, 15) is 4.79 Å². The summed E-state index contributed by atoms with van der Waals surface area (Å²) in [6.45, 7) is 1.88. The van der Waals surface area contributed by atoms with E-state index in [4.69, 9.17) is 21.8 Å². The van der Waals surface area contributed by atoms with Crippen LogP contribution in [-0.4, -0.2) is 57.1 Å². The number of hydrogen-bond acceptors (Lipinski definition) is 4. The summed E-state index contributed by atoms with van der Waals surface area (Å²) in [5.74, 6) is -0.289. The molecule has 1 aromatic rings. The molecule has 0 bridgehead atoms. The Morgan fingerprint density at radius 3 is 2.42 bits per heavy atom. The molecule has 0 aliphatic rings. The predicted molar refractivity (Wildman–Crippen MR) is 72.7 cm³/mol. The predicted octanol–water partition coefficient (Wildman–Crippen LogP) is 0.208. The molecule has 0 atom stereocenters. The summed E-state index contributed by atoms with van der Waals surface area (Å²) in [6, 6.07) is 0. The molecule has 0 radical (unpaired) electrons. The van der Waals surface area contributed by atoms with Gasteiger partial charge in [-0.05, 0) is 13.0 Å². The van der Waals surface area contributed by atoms with Crippen molar-refractivity contribution in [3.05, 3.63) is 22.5 Å². The number of nitrogens with zero attached hydrogens (tertiary/aromatic N) is 3. The highest BCUT2D eigenvalue weighted by Gasteiger charge is 2.11. The highest BCUT2D eigenvalue weighted by molar-refractivity contribution is 6.31. The van der Waals surface area contributed by atoms with Gasteiger partial charge in [0.2, 0.25) is 5.91 Å². The van der Waals surface area contributed by atoms with E-state index in [0.717, 1.165) is 5.69 Å². The van der Waals surface area contributed by atoms with E-state index in [1.807, 2.05) is 0 Å². The van der Waals surface area contributed by atoms with E-state index in [1.165, 1.54) is 15.7 Å². The number of amides is 1. The summed E-state index contributed by atoms with van der Waals surface area (Å²) in [5, 5.41) is 22.3. The quantitative estimate of drug-likeness (QED) is 0.733. The molecule has 1 heterocycles. The average Bonchev–Trinajstić information content (AvgIpc) is 2.61. The summed E-state index contributed by atoms with van der Waals surface area (Å²) in [5.41, 5.74) is 1.41. The molecule has 0 aromatic carbocycles. The second kappa shape index (κ2) is 7.28. The molecular formula is C12H18ClN3O3. The first-order valence-electron chi connectivity index (χ1n) is 5.89. The van der Waals surface area contributed by atoms with Gasteiger partial charge in [0.15, 0.2) is 0 Å². The summed E-state index contributed by atoms with van der Waals surface area (Å²) in [7, 11) is 1.72. The van der Waals surface area contributed by atoms with Gasteiger partial charge in [-0.25, -0.2) is 0 Å². The zero-order valence-corrected chi connectivity index (χ0v) is 11.8. The Kier molecular flexibility index (Phi) is 6.01. The second-order valence-electron chi connectivity index (χ2n) is 4.02. The summed E-state index contributed by atoms with van der Waals surface area (Å²) in [4.78, 5) is 13.2. The van der Waals surface area contributed by atoms with Crippen LogP contribution in [0.3, 0.4) is 0 Å². The Bertz CT molecular complexity index is 465. The normalized spacial score (nSPS) is 11.2. The van der Waals surface area contributed by atoms with Crippen molar-refractivity contribution in [2.75, 3.05) is 26.3 Å². The molecule has 7 heteroatoms. The fourth-order valence-corrected chi connectivity index (χ4v) is 1.91. The van der Waals surface area contributed by atoms with E-state index in [2.05, 4.69) is 5.10 Å². The molecule has 0 saturated carbocycles. The van der Waals surface area contributed by atoms with Crippen molar-refractivity contribution >= 4 is 23.6 Å². The standard InChI is InChI=1S/C12H18ClN3O3/c1-9-10(12(13)15(2)14-9)3-4-11(19)16(5-7-17)6-8-18/h3-4,17-18H,5-8H2,1-2H3/b4-3+. The molecule has 0 spiro atoms. The van der Waals surface area contributed by atoms with Gasteiger partial charge in [0.1, 0.15) is 5.15 Å². The van der Waals surface area contributed by atoms with Crippen molar-refractivity contribution in [2.24, 2.45) is 7.05 Å². The van der Waals surface area contributed by atoms with Gasteiger partial charge >= 0.3 is 0 Å². The number of hydrogen-bond donors (Lipinski definition) is 2. The number of aryl methyl sites for hydroxylation is 2. The van der Waals surface area contributed by atoms with Gasteiger partial charge in [0.25, 0.3) is 0 Å². The maximum Gasteiger partial charge on any atom is 0.246 e. The van der Waals surface area contributed by atoms with E-state index in [1.54, 1.807) is 20.0 Å². The van der Waals surface area contributed by atoms with Crippen molar-refractivity contribution < 1.29 is 15.0 Å². The van der Waals surface area contributed by atoms with Crippen LogP contribution in [0.5, 0.6) is 0 Å². The van der Waals surface area contributed by atoms with E-state index >= 15 is 0 Å². The first kappa shape index (κ1) is 15.7. The minimum atomic E-state index is -0.289. The molecule has 106 valence electrons. The van der Waals surface area contributed by atoms with Crippen LogP contribution in [0.25, 0.3) is 6.08 Å². The summed E-state index contributed by atoms with van der Waals surface area (Å²) in [6.07, 6.45) is 2.95. The van der Waals surface area contributed by atoms with Gasteiger partial charge in [-0.2, -0.15) is 5.10 Å². The van der Waals surface area contributed by atoms with Crippen LogP contribution in [-0.2, 0) is 11.8 Å². The molecule has 0 unspecified atom stereocenters. The third kappa shape index (κ3) is 4.05. The smallest absolute Gasteiger partial charge is 0.246 e. The van der Waals surface area contributed by atoms with Crippen molar-refractivity contribution in [1.29, 1.82) is 0 Å². The number of carbonyl (C=O) groups excluding carboxylic acids is 1. The number of aliphatic hydroxyl groups excluding tert-OH is 2. The van der Waals surface area contributed by atoms with Gasteiger partial charge in [-0.3, -0.25) is 9.48 Å². The second-order valence-corrected chi connectivity index (χ2v) is 4.38. The number of aliphatic hydroxyl groups is 2. The Labute approximate surface area is 116 Å². The fourth-order valence-electron chi connectivity index (χ4n) is 1.67. The lowest BCUT2D eigenvalue weighted by atomic mass is 10.2. The van der Waals surface area contributed by atoms with Crippen LogP contribution >= 0.6 is 11.6 Å². The van der Waals surface area contributed by atoms with E-state index < -0.39 is 0 Å². The Morgan fingerprint density at radius 1 is 1.42 bits per heavy atom. The van der Waals surface area contributed by atoms with Gasteiger partial charge in [0, 0.05) is 31.8 Å². The van der Waals surface area contributed by atoms with Crippen molar-refractivity contribution in [3.63, 3.8) is 0 Å². The van der Waals surface area contributed by atoms with Crippen molar-refractivity contribution in [1.82, 2.24) is 14.7 Å². The first-order valence-corrected chi connectivity index (χ1v) is 6.26. The zero-order chi connectivity index (χ0) is 14.4. The van der Waals surface area contributed by atoms with Crippen LogP contribution in [0.15, 0.2) is 6.08 Å². The molecule has 0 aliphatic carbocycles. The van der Waals surface area contributed by atoms with Gasteiger partial charge in [-0.1, -0.05) is 11.6 Å². The monoisotopic (exact) mass is 287 g/mol. The maximum absolute atomic E-state index is 11.9. The molecule has 1 rings (SSSR count). The highest BCUT2D eigenvalue weighted by atomic mass is 35.5. The Hall–Kier alpha value is -1.37. The van der Waals surface area contributed by atoms with Gasteiger partial charge in [-0.15, -0.1) is 0 Å². The molecule has 1 aromatic heterocycles. The summed E-state index contributed by atoms with van der Waals surface area (Å²) >= 11 is 6.04. The average molecular weight is 288 g/mol. The highest BCUT2D eigenvalue weighted by Crippen LogP contribution is 2.19. The van der Waals surface area contributed by atoms with Gasteiger partial charge in [0.05, 0.1) is 18.9 Å². The van der Waals surface area contributed by atoms with E-state index in [0.29, 0.717) is 10.7 Å². The Morgan fingerprint density at radius 2 is 2.00 bits per heavy atom. The van der Waals surface area contributed by atoms with Crippen LogP contribution < -0.4 is 0 Å². The van der Waals surface area contributed by atoms with E-state index in [-0.39, 0.29) is 32.2 Å². The molecule has 0 aliphatic heterocycles. The minimum absolute atomic E-state index is 0.147. The molecule has 6 nitrogen and oxygen atoms in total. The molecule has 0 saturated heterocycles. The zero-order valence-electron chi connectivity index (χ0n) is 11.0. The van der Waals surface area contributed by atoms with Crippen molar-refractivity contribution in [3.8, 4) is 0 Å². The lowest BCUT2D eigenvalue weighted by Crippen LogP contribution is -2.34. The van der Waals surface area contributed by atoms with Crippen LogP contribution in [0, 0.1) is 6.92 Å². The maximum atomic E-state index is 11.9. The van der Waals surface area contributed by atoms with Crippen LogP contribution in [0.4, 0.5) is 0 Å². The lowest BCUT2D eigenvalue weighted by Gasteiger charge is -2.18. The number of aromatic nitrogens is 2. The van der Waals surface area contributed by atoms with Gasteiger partial charge < -0.3 is 15.1 Å². The molecule has 0 fully saturated rings. The third-order valence-electron chi connectivity index (χ3n) is 2.64. The first-order chi connectivity index (χ1) is 9.01. The molecule has 19 heavy (non-hydrogen) atoms. The minimum Gasteiger partial charge on any atom is -0.395 e. The van der Waals surface area contributed by atoms with Crippen molar-refractivity contribution in [2.45, 2.75) is 6.92 Å². The number of halogens is 1. The summed E-state index contributed by atoms with van der Waals surface area (Å²) < 4.78 is 1.53. The SMILES string of the molecule is Cc1nn(C)c(Cl)c1/C=C/C(=O)N(CCO)CCO.